The Balaban J connectivity index is 2.40. The fourth-order valence-electron chi connectivity index (χ4n) is 1.95. The Bertz CT molecular complexity index is 604. The second kappa shape index (κ2) is 5.88. The van der Waals surface area contributed by atoms with Crippen LogP contribution < -0.4 is 0 Å². The Morgan fingerprint density at radius 2 is 2.05 bits per heavy atom. The number of rotatable bonds is 2. The molecule has 1 amide bonds. The van der Waals surface area contributed by atoms with Gasteiger partial charge < -0.3 is 9.84 Å². The molecular formula is C13H12BrF3N2O3. The van der Waals surface area contributed by atoms with Crippen LogP contribution in [-0.2, 0) is 4.74 Å². The largest absolute Gasteiger partial charge is 0.448 e. The fraction of sp³-hybridized carbons (Fsp3) is 0.385. The number of alkyl halides is 3. The third-order valence-electron chi connectivity index (χ3n) is 3.06. The van der Waals surface area contributed by atoms with Crippen LogP contribution in [0.1, 0.15) is 18.9 Å². The van der Waals surface area contributed by atoms with E-state index < -0.39 is 24.4 Å². The van der Waals surface area contributed by atoms with Crippen molar-refractivity contribution in [3.05, 3.63) is 34.3 Å². The van der Waals surface area contributed by atoms with Crippen LogP contribution in [0.2, 0.25) is 0 Å². The summed E-state index contributed by atoms with van der Waals surface area (Å²) in [6, 6.07) is 6.32. The first-order valence-corrected chi connectivity index (χ1v) is 7.08. The molecule has 0 aliphatic carbocycles. The van der Waals surface area contributed by atoms with Gasteiger partial charge in [0.2, 0.25) is 0 Å². The highest BCUT2D eigenvalue weighted by molar-refractivity contribution is 9.10. The van der Waals surface area contributed by atoms with Gasteiger partial charge in [0.15, 0.2) is 0 Å². The van der Waals surface area contributed by atoms with Crippen LogP contribution >= 0.6 is 15.9 Å². The molecule has 1 N–H and O–H groups in total. The first-order chi connectivity index (χ1) is 10.2. The van der Waals surface area contributed by atoms with Crippen molar-refractivity contribution in [3.63, 3.8) is 0 Å². The summed E-state index contributed by atoms with van der Waals surface area (Å²) < 4.78 is 44.8. The van der Waals surface area contributed by atoms with Gasteiger partial charge in [0.25, 0.3) is 5.72 Å². The molecule has 1 atom stereocenters. The summed E-state index contributed by atoms with van der Waals surface area (Å²) in [5.74, 6) is 0. The summed E-state index contributed by atoms with van der Waals surface area (Å²) in [5, 5.41) is 13.5. The van der Waals surface area contributed by atoms with Gasteiger partial charge >= 0.3 is 12.3 Å². The van der Waals surface area contributed by atoms with Crippen LogP contribution in [0.25, 0.3) is 0 Å². The number of hydrogen-bond donors (Lipinski definition) is 1. The topological polar surface area (TPSA) is 62.1 Å². The molecule has 1 aliphatic heterocycles. The summed E-state index contributed by atoms with van der Waals surface area (Å²) in [7, 11) is 0. The second-order valence-electron chi connectivity index (χ2n) is 4.56. The second-order valence-corrected chi connectivity index (χ2v) is 5.47. The lowest BCUT2D eigenvalue weighted by molar-refractivity contribution is -0.299. The van der Waals surface area contributed by atoms with Crippen LogP contribution in [0, 0.1) is 0 Å². The molecule has 9 heteroatoms. The summed E-state index contributed by atoms with van der Waals surface area (Å²) in [5.41, 5.74) is -3.10. The van der Waals surface area contributed by atoms with Gasteiger partial charge in [-0.05, 0) is 24.6 Å². The third-order valence-corrected chi connectivity index (χ3v) is 3.59. The molecule has 0 saturated heterocycles. The van der Waals surface area contributed by atoms with Crippen molar-refractivity contribution in [2.45, 2.75) is 25.2 Å². The molecule has 1 aromatic rings. The predicted octanol–water partition coefficient (Wildman–Crippen LogP) is 3.27. The molecule has 22 heavy (non-hydrogen) atoms. The Labute approximate surface area is 132 Å². The molecule has 0 saturated carbocycles. The lowest BCUT2D eigenvalue weighted by Gasteiger charge is -2.31. The standard InChI is InChI=1S/C13H12BrF3N2O3/c1-2-22-11(20)19-12(21,13(15,16)17)7-10(18-19)8-3-5-9(14)6-4-8/h3-6,21H,2,7H2,1H3/t12-/m1/s1. The summed E-state index contributed by atoms with van der Waals surface area (Å²) >= 11 is 3.21. The molecule has 1 aliphatic rings. The van der Waals surface area contributed by atoms with Crippen molar-refractivity contribution < 1.29 is 27.8 Å². The van der Waals surface area contributed by atoms with E-state index in [1.165, 1.54) is 19.1 Å². The molecule has 2 rings (SSSR count). The number of amides is 1. The number of hydrogen-bond acceptors (Lipinski definition) is 4. The van der Waals surface area contributed by atoms with E-state index >= 15 is 0 Å². The van der Waals surface area contributed by atoms with Gasteiger partial charge in [0.1, 0.15) is 0 Å². The molecule has 120 valence electrons. The van der Waals surface area contributed by atoms with Crippen molar-refractivity contribution in [1.29, 1.82) is 0 Å². The van der Waals surface area contributed by atoms with E-state index in [9.17, 15) is 23.1 Å². The zero-order chi connectivity index (χ0) is 16.5. The van der Waals surface area contributed by atoms with Crippen LogP contribution in [0.15, 0.2) is 33.8 Å². The molecule has 0 aromatic heterocycles. The maximum atomic E-state index is 13.2. The van der Waals surface area contributed by atoms with Crippen molar-refractivity contribution in [3.8, 4) is 0 Å². The molecule has 5 nitrogen and oxygen atoms in total. The van der Waals surface area contributed by atoms with Gasteiger partial charge in [0, 0.05) is 4.47 Å². The first-order valence-electron chi connectivity index (χ1n) is 6.28. The minimum Gasteiger partial charge on any atom is -0.448 e. The lowest BCUT2D eigenvalue weighted by Crippen LogP contribution is -2.56. The van der Waals surface area contributed by atoms with Gasteiger partial charge in [-0.2, -0.15) is 23.3 Å². The quantitative estimate of drug-likeness (QED) is 0.856. The van der Waals surface area contributed by atoms with Crippen LogP contribution in [-0.4, -0.2) is 40.4 Å². The molecule has 1 aromatic carbocycles. The summed E-state index contributed by atoms with van der Waals surface area (Å²) in [6.07, 6.45) is -7.29. The molecule has 0 unspecified atom stereocenters. The number of benzene rings is 1. The van der Waals surface area contributed by atoms with Crippen molar-refractivity contribution in [2.75, 3.05) is 6.61 Å². The van der Waals surface area contributed by atoms with E-state index in [0.717, 1.165) is 4.47 Å². The van der Waals surface area contributed by atoms with Crippen LogP contribution in [0.3, 0.4) is 0 Å². The van der Waals surface area contributed by atoms with Gasteiger partial charge in [0.05, 0.1) is 18.7 Å². The van der Waals surface area contributed by atoms with E-state index in [-0.39, 0.29) is 17.3 Å². The third kappa shape index (κ3) is 2.95. The summed E-state index contributed by atoms with van der Waals surface area (Å²) in [4.78, 5) is 11.7. The zero-order valence-corrected chi connectivity index (χ0v) is 13.0. The Kier molecular flexibility index (Phi) is 4.48. The molecule has 1 heterocycles. The Hall–Kier alpha value is -1.61. The average molecular weight is 381 g/mol. The highest BCUT2D eigenvalue weighted by Crippen LogP contribution is 2.41. The minimum atomic E-state index is -5.07. The number of hydrazone groups is 1. The van der Waals surface area contributed by atoms with Gasteiger partial charge in [-0.25, -0.2) is 4.79 Å². The van der Waals surface area contributed by atoms with E-state index in [1.807, 2.05) is 0 Å². The highest BCUT2D eigenvalue weighted by atomic mass is 79.9. The van der Waals surface area contributed by atoms with Crippen molar-refractivity contribution in [2.24, 2.45) is 5.10 Å². The smallest absolute Gasteiger partial charge is 0.439 e. The van der Waals surface area contributed by atoms with E-state index in [2.05, 4.69) is 25.8 Å². The lowest BCUT2D eigenvalue weighted by atomic mass is 10.0. The Morgan fingerprint density at radius 1 is 1.45 bits per heavy atom. The van der Waals surface area contributed by atoms with Crippen LogP contribution in [0.5, 0.6) is 0 Å². The molecule has 0 fully saturated rings. The predicted molar refractivity (Wildman–Crippen MR) is 75.2 cm³/mol. The maximum absolute atomic E-state index is 13.2. The number of carbonyl (C=O) groups is 1. The normalized spacial score (nSPS) is 21.7. The summed E-state index contributed by atoms with van der Waals surface area (Å²) in [6.45, 7) is 1.31. The zero-order valence-electron chi connectivity index (χ0n) is 11.4. The monoisotopic (exact) mass is 380 g/mol. The van der Waals surface area contributed by atoms with E-state index in [1.54, 1.807) is 12.1 Å². The van der Waals surface area contributed by atoms with E-state index in [0.29, 0.717) is 5.56 Å². The number of nitrogens with zero attached hydrogens (tertiary/aromatic N) is 2. The van der Waals surface area contributed by atoms with Gasteiger partial charge in [-0.3, -0.25) is 0 Å². The van der Waals surface area contributed by atoms with Crippen molar-refractivity contribution >= 4 is 27.7 Å². The minimum absolute atomic E-state index is 0.0477. The maximum Gasteiger partial charge on any atom is 0.439 e. The number of ether oxygens (including phenoxy) is 1. The van der Waals surface area contributed by atoms with Gasteiger partial charge in [-0.15, -0.1) is 0 Å². The van der Waals surface area contributed by atoms with Crippen molar-refractivity contribution in [1.82, 2.24) is 5.01 Å². The highest BCUT2D eigenvalue weighted by Gasteiger charge is 2.64. The number of halogens is 4. The van der Waals surface area contributed by atoms with E-state index in [4.69, 9.17) is 0 Å². The first kappa shape index (κ1) is 16.8. The SMILES string of the molecule is CCOC(=O)N1N=C(c2ccc(Br)cc2)C[C@@]1(O)C(F)(F)F. The molecular weight excluding hydrogens is 369 g/mol. The van der Waals surface area contributed by atoms with Crippen LogP contribution in [0.4, 0.5) is 18.0 Å². The average Bonchev–Trinajstić information content (AvgIpc) is 2.79. The molecule has 0 spiro atoms. The number of carbonyl (C=O) groups excluding carboxylic acids is 1. The molecule has 0 radical (unpaired) electrons. The number of aliphatic hydroxyl groups is 1. The van der Waals surface area contributed by atoms with Gasteiger partial charge in [-0.1, -0.05) is 28.1 Å². The molecule has 0 bridgehead atoms. The Morgan fingerprint density at radius 3 is 2.55 bits per heavy atom. The fourth-order valence-corrected chi connectivity index (χ4v) is 2.21.